The Hall–Kier alpha value is -2.53. The summed E-state index contributed by atoms with van der Waals surface area (Å²) in [7, 11) is 0. The molecule has 0 spiro atoms. The summed E-state index contributed by atoms with van der Waals surface area (Å²) in [6, 6.07) is 15.2. The average Bonchev–Trinajstić information content (AvgIpc) is 2.66. The molecule has 0 fully saturated rings. The van der Waals surface area contributed by atoms with E-state index in [4.69, 9.17) is 10.5 Å². The normalized spacial score (nSPS) is 10.7. The van der Waals surface area contributed by atoms with Crippen LogP contribution in [0.4, 0.5) is 5.69 Å². The number of nitrogens with one attached hydrogen (secondary N) is 1. The fraction of sp³-hybridized carbons (Fsp3) is 0.381. The predicted molar refractivity (Wildman–Crippen MR) is 106 cm³/mol. The Bertz CT molecular complexity index is 665. The van der Waals surface area contributed by atoms with Crippen LogP contribution in [0.5, 0.6) is 5.75 Å². The Kier molecular flexibility index (Phi) is 7.96. The van der Waals surface area contributed by atoms with E-state index in [1.54, 1.807) is 0 Å². The molecule has 0 bridgehead atoms. The molecule has 0 radical (unpaired) electrons. The highest BCUT2D eigenvalue weighted by Crippen LogP contribution is 2.12. The number of amides is 1. The Balaban J connectivity index is 1.72. The number of nitrogens with two attached hydrogens (primary N) is 1. The molecule has 5 nitrogen and oxygen atoms in total. The molecule has 0 saturated heterocycles. The number of carbonyl (C=O) groups excluding carboxylic acids is 1. The molecule has 0 aromatic heterocycles. The van der Waals surface area contributed by atoms with Crippen LogP contribution in [0.2, 0.25) is 0 Å². The van der Waals surface area contributed by atoms with Crippen LogP contribution in [-0.4, -0.2) is 37.0 Å². The van der Waals surface area contributed by atoms with Crippen LogP contribution >= 0.6 is 0 Å². The van der Waals surface area contributed by atoms with E-state index in [2.05, 4.69) is 24.1 Å². The lowest BCUT2D eigenvalue weighted by molar-refractivity contribution is -0.120. The zero-order chi connectivity index (χ0) is 18.8. The minimum Gasteiger partial charge on any atom is -0.492 e. The highest BCUT2D eigenvalue weighted by molar-refractivity contribution is 5.78. The van der Waals surface area contributed by atoms with E-state index < -0.39 is 0 Å². The molecule has 140 valence electrons. The molecule has 0 heterocycles. The molecule has 3 N–H and O–H groups in total. The van der Waals surface area contributed by atoms with Gasteiger partial charge in [-0.05, 0) is 48.5 Å². The van der Waals surface area contributed by atoms with Crippen molar-refractivity contribution in [1.82, 2.24) is 10.2 Å². The number of carbonyl (C=O) groups is 1. The van der Waals surface area contributed by atoms with Gasteiger partial charge in [0.15, 0.2) is 0 Å². The van der Waals surface area contributed by atoms with Gasteiger partial charge in [0.1, 0.15) is 12.4 Å². The molecule has 26 heavy (non-hydrogen) atoms. The first-order valence-corrected chi connectivity index (χ1v) is 9.16. The van der Waals surface area contributed by atoms with Gasteiger partial charge >= 0.3 is 0 Å². The third-order valence-corrected chi connectivity index (χ3v) is 4.33. The highest BCUT2D eigenvalue weighted by atomic mass is 16.5. The van der Waals surface area contributed by atoms with Crippen LogP contribution in [0, 0.1) is 0 Å². The minimum absolute atomic E-state index is 0.00526. The van der Waals surface area contributed by atoms with Crippen molar-refractivity contribution in [3.05, 3.63) is 59.7 Å². The van der Waals surface area contributed by atoms with Crippen molar-refractivity contribution in [2.24, 2.45) is 0 Å². The average molecular weight is 355 g/mol. The van der Waals surface area contributed by atoms with E-state index >= 15 is 0 Å². The van der Waals surface area contributed by atoms with Crippen LogP contribution < -0.4 is 15.8 Å². The van der Waals surface area contributed by atoms with Crippen molar-refractivity contribution in [2.75, 3.05) is 32.0 Å². The van der Waals surface area contributed by atoms with Crippen molar-refractivity contribution >= 4 is 11.6 Å². The maximum Gasteiger partial charge on any atom is 0.224 e. The molecular weight excluding hydrogens is 326 g/mol. The van der Waals surface area contributed by atoms with Crippen LogP contribution in [0.15, 0.2) is 48.5 Å². The van der Waals surface area contributed by atoms with E-state index in [1.807, 2.05) is 48.5 Å². The van der Waals surface area contributed by atoms with Crippen molar-refractivity contribution in [3.8, 4) is 5.75 Å². The highest BCUT2D eigenvalue weighted by Gasteiger charge is 2.04. The van der Waals surface area contributed by atoms with Crippen LogP contribution in [0.3, 0.4) is 0 Å². The number of hydrogen-bond acceptors (Lipinski definition) is 4. The van der Waals surface area contributed by atoms with E-state index in [0.717, 1.165) is 36.5 Å². The van der Waals surface area contributed by atoms with Crippen molar-refractivity contribution in [3.63, 3.8) is 0 Å². The van der Waals surface area contributed by atoms with E-state index in [-0.39, 0.29) is 5.91 Å². The Labute approximate surface area is 156 Å². The van der Waals surface area contributed by atoms with Gasteiger partial charge in [0, 0.05) is 18.8 Å². The lowest BCUT2D eigenvalue weighted by atomic mass is 10.1. The van der Waals surface area contributed by atoms with Gasteiger partial charge in [-0.1, -0.05) is 38.1 Å². The van der Waals surface area contributed by atoms with Gasteiger partial charge in [0.25, 0.3) is 0 Å². The zero-order valence-corrected chi connectivity index (χ0v) is 15.7. The summed E-state index contributed by atoms with van der Waals surface area (Å²) in [6.45, 7) is 8.49. The second-order valence-corrected chi connectivity index (χ2v) is 6.21. The molecule has 1 amide bonds. The second-order valence-electron chi connectivity index (χ2n) is 6.21. The number of nitrogens with zero attached hydrogens (tertiary/aromatic N) is 1. The molecular formula is C21H29N3O2. The molecule has 2 aromatic rings. The standard InChI is InChI=1S/C21H29N3O2/c1-3-24(4-2)13-14-26-20-11-7-18(8-12-20)16-23-21(25)15-17-5-9-19(22)10-6-17/h5-12H,3-4,13-16,22H2,1-2H3,(H,23,25). The predicted octanol–water partition coefficient (Wildman–Crippen LogP) is 2.85. The number of benzene rings is 2. The maximum absolute atomic E-state index is 12.0. The van der Waals surface area contributed by atoms with Gasteiger partial charge in [-0.25, -0.2) is 0 Å². The first kappa shape index (κ1) is 19.8. The summed E-state index contributed by atoms with van der Waals surface area (Å²) in [5.41, 5.74) is 8.35. The number of anilines is 1. The van der Waals surface area contributed by atoms with Gasteiger partial charge in [0.2, 0.25) is 5.91 Å². The van der Waals surface area contributed by atoms with E-state index in [1.165, 1.54) is 0 Å². The maximum atomic E-state index is 12.0. The summed E-state index contributed by atoms with van der Waals surface area (Å²) in [5.74, 6) is 0.850. The lowest BCUT2D eigenvalue weighted by Gasteiger charge is -2.18. The number of likely N-dealkylation sites (N-methyl/N-ethyl adjacent to an activating group) is 1. The molecule has 0 aliphatic heterocycles. The number of rotatable bonds is 10. The first-order valence-electron chi connectivity index (χ1n) is 9.16. The van der Waals surface area contributed by atoms with E-state index in [0.29, 0.717) is 25.3 Å². The third-order valence-electron chi connectivity index (χ3n) is 4.33. The quantitative estimate of drug-likeness (QED) is 0.643. The van der Waals surface area contributed by atoms with Crippen molar-refractivity contribution in [1.29, 1.82) is 0 Å². The molecule has 0 aliphatic carbocycles. The third kappa shape index (κ3) is 6.76. The summed E-state index contributed by atoms with van der Waals surface area (Å²) < 4.78 is 5.77. The molecule has 0 aliphatic rings. The summed E-state index contributed by atoms with van der Waals surface area (Å²) >= 11 is 0. The summed E-state index contributed by atoms with van der Waals surface area (Å²) in [5, 5.41) is 2.94. The van der Waals surface area contributed by atoms with E-state index in [9.17, 15) is 4.79 Å². The smallest absolute Gasteiger partial charge is 0.224 e. The second kappa shape index (κ2) is 10.5. The molecule has 5 heteroatoms. The van der Waals surface area contributed by atoms with Crippen molar-refractivity contribution in [2.45, 2.75) is 26.8 Å². The van der Waals surface area contributed by atoms with Crippen LogP contribution in [-0.2, 0) is 17.8 Å². The zero-order valence-electron chi connectivity index (χ0n) is 15.7. The fourth-order valence-electron chi connectivity index (χ4n) is 2.62. The van der Waals surface area contributed by atoms with Gasteiger partial charge in [-0.2, -0.15) is 0 Å². The van der Waals surface area contributed by atoms with Crippen LogP contribution in [0.1, 0.15) is 25.0 Å². The molecule has 0 saturated carbocycles. The Morgan fingerprint density at radius 2 is 1.62 bits per heavy atom. The minimum atomic E-state index is -0.00526. The monoisotopic (exact) mass is 355 g/mol. The van der Waals surface area contributed by atoms with Gasteiger partial charge in [-0.15, -0.1) is 0 Å². The van der Waals surface area contributed by atoms with Crippen molar-refractivity contribution < 1.29 is 9.53 Å². The molecule has 2 rings (SSSR count). The SMILES string of the molecule is CCN(CC)CCOc1ccc(CNC(=O)Cc2ccc(N)cc2)cc1. The number of nitrogen functional groups attached to an aromatic ring is 1. The Morgan fingerprint density at radius 1 is 1.00 bits per heavy atom. The first-order chi connectivity index (χ1) is 12.6. The van der Waals surface area contributed by atoms with Gasteiger partial charge in [-0.3, -0.25) is 4.79 Å². The summed E-state index contributed by atoms with van der Waals surface area (Å²) in [4.78, 5) is 14.4. The number of hydrogen-bond donors (Lipinski definition) is 2. The Morgan fingerprint density at radius 3 is 2.23 bits per heavy atom. The van der Waals surface area contributed by atoms with Gasteiger partial charge < -0.3 is 20.7 Å². The molecule has 0 unspecified atom stereocenters. The largest absolute Gasteiger partial charge is 0.492 e. The molecule has 0 atom stereocenters. The van der Waals surface area contributed by atoms with Crippen LogP contribution in [0.25, 0.3) is 0 Å². The lowest BCUT2D eigenvalue weighted by Crippen LogP contribution is -2.27. The number of ether oxygens (including phenoxy) is 1. The fourth-order valence-corrected chi connectivity index (χ4v) is 2.62. The topological polar surface area (TPSA) is 67.6 Å². The molecule has 2 aromatic carbocycles. The summed E-state index contributed by atoms with van der Waals surface area (Å²) in [6.07, 6.45) is 0.354. The van der Waals surface area contributed by atoms with Gasteiger partial charge in [0.05, 0.1) is 6.42 Å².